The predicted molar refractivity (Wildman–Crippen MR) is 124 cm³/mol. The number of hydrogen-bond donors (Lipinski definition) is 4. The lowest BCUT2D eigenvalue weighted by atomic mass is 9.99. The number of fused-ring (bicyclic) bond motifs is 1. The van der Waals surface area contributed by atoms with Crippen LogP contribution in [-0.2, 0) is 16.0 Å². The first-order chi connectivity index (χ1) is 14.9. The third-order valence-electron chi connectivity index (χ3n) is 4.65. The van der Waals surface area contributed by atoms with Gasteiger partial charge in [0.1, 0.15) is 11.7 Å². The SMILES string of the molecule is CC(C)(C)NC(=O)C(NC(=O)Cc1ccc(Cl)cc1)c1c(C(=O)O)[nH]c2cc(Cl)ccc12. The highest BCUT2D eigenvalue weighted by atomic mass is 35.5. The van der Waals surface area contributed by atoms with Crippen molar-refractivity contribution in [2.24, 2.45) is 0 Å². The zero-order chi connectivity index (χ0) is 23.6. The Kier molecular flexibility index (Phi) is 6.81. The van der Waals surface area contributed by atoms with Crippen LogP contribution < -0.4 is 10.6 Å². The van der Waals surface area contributed by atoms with E-state index in [2.05, 4.69) is 15.6 Å². The minimum atomic E-state index is -1.26. The normalized spacial score (nSPS) is 12.4. The van der Waals surface area contributed by atoms with Crippen molar-refractivity contribution in [3.05, 3.63) is 69.3 Å². The quantitative estimate of drug-likeness (QED) is 0.420. The average molecular weight is 476 g/mol. The molecule has 1 aromatic heterocycles. The van der Waals surface area contributed by atoms with E-state index in [1.54, 1.807) is 63.2 Å². The zero-order valence-corrected chi connectivity index (χ0v) is 19.3. The predicted octanol–water partition coefficient (Wildman–Crippen LogP) is 4.49. The van der Waals surface area contributed by atoms with Crippen LogP contribution in [0.5, 0.6) is 0 Å². The maximum Gasteiger partial charge on any atom is 0.352 e. The first kappa shape index (κ1) is 23.6. The van der Waals surface area contributed by atoms with Gasteiger partial charge in [-0.05, 0) is 50.6 Å². The van der Waals surface area contributed by atoms with Crippen LogP contribution in [0.3, 0.4) is 0 Å². The minimum absolute atomic E-state index is 0.00689. The summed E-state index contributed by atoms with van der Waals surface area (Å²) in [5.41, 5.74) is 0.518. The number of carbonyl (C=O) groups excluding carboxylic acids is 2. The Balaban J connectivity index is 2.04. The number of carbonyl (C=O) groups is 3. The second-order valence-corrected chi connectivity index (χ2v) is 9.32. The largest absolute Gasteiger partial charge is 0.477 e. The summed E-state index contributed by atoms with van der Waals surface area (Å²) >= 11 is 11.9. The van der Waals surface area contributed by atoms with Crippen LogP contribution >= 0.6 is 23.2 Å². The highest BCUT2D eigenvalue weighted by Crippen LogP contribution is 2.31. The highest BCUT2D eigenvalue weighted by molar-refractivity contribution is 6.31. The molecule has 0 bridgehead atoms. The molecule has 9 heteroatoms. The number of amides is 2. The summed E-state index contributed by atoms with van der Waals surface area (Å²) in [5, 5.41) is 16.7. The minimum Gasteiger partial charge on any atom is -0.477 e. The Hall–Kier alpha value is -3.03. The molecule has 3 aromatic rings. The van der Waals surface area contributed by atoms with Crippen LogP contribution in [0.15, 0.2) is 42.5 Å². The number of carboxylic acids is 1. The molecule has 7 nitrogen and oxygen atoms in total. The highest BCUT2D eigenvalue weighted by Gasteiger charge is 2.32. The summed E-state index contributed by atoms with van der Waals surface area (Å²) in [5.74, 6) is -2.23. The molecule has 1 atom stereocenters. The van der Waals surface area contributed by atoms with Crippen LogP contribution in [-0.4, -0.2) is 33.4 Å². The molecule has 32 heavy (non-hydrogen) atoms. The molecule has 4 N–H and O–H groups in total. The summed E-state index contributed by atoms with van der Waals surface area (Å²) < 4.78 is 0. The number of hydrogen-bond acceptors (Lipinski definition) is 3. The lowest BCUT2D eigenvalue weighted by Gasteiger charge is -2.26. The van der Waals surface area contributed by atoms with Crippen molar-refractivity contribution in [3.63, 3.8) is 0 Å². The lowest BCUT2D eigenvalue weighted by Crippen LogP contribution is -2.48. The van der Waals surface area contributed by atoms with Gasteiger partial charge in [-0.1, -0.05) is 41.4 Å². The van der Waals surface area contributed by atoms with Crippen molar-refractivity contribution in [3.8, 4) is 0 Å². The van der Waals surface area contributed by atoms with Gasteiger partial charge in [0.25, 0.3) is 0 Å². The van der Waals surface area contributed by atoms with E-state index in [9.17, 15) is 19.5 Å². The number of benzene rings is 2. The topological polar surface area (TPSA) is 111 Å². The Bertz CT molecular complexity index is 1180. The lowest BCUT2D eigenvalue weighted by molar-refractivity contribution is -0.129. The Morgan fingerprint density at radius 3 is 2.25 bits per heavy atom. The second kappa shape index (κ2) is 9.22. The molecule has 0 aliphatic rings. The van der Waals surface area contributed by atoms with E-state index in [4.69, 9.17) is 23.2 Å². The maximum absolute atomic E-state index is 13.2. The maximum atomic E-state index is 13.2. The van der Waals surface area contributed by atoms with Crippen molar-refractivity contribution in [1.29, 1.82) is 0 Å². The van der Waals surface area contributed by atoms with Gasteiger partial charge in [-0.3, -0.25) is 9.59 Å². The Labute approximate surface area is 195 Å². The summed E-state index contributed by atoms with van der Waals surface area (Å²) in [7, 11) is 0. The van der Waals surface area contributed by atoms with Crippen molar-refractivity contribution >= 4 is 51.9 Å². The molecule has 3 rings (SSSR count). The van der Waals surface area contributed by atoms with Crippen molar-refractivity contribution in [1.82, 2.24) is 15.6 Å². The van der Waals surface area contributed by atoms with Gasteiger partial charge in [0.2, 0.25) is 11.8 Å². The first-order valence-corrected chi connectivity index (χ1v) is 10.6. The number of aromatic nitrogens is 1. The van der Waals surface area contributed by atoms with Crippen LogP contribution in [0.2, 0.25) is 10.0 Å². The number of carboxylic acid groups (broad SMARTS) is 1. The van der Waals surface area contributed by atoms with Gasteiger partial charge in [0.15, 0.2) is 0 Å². The molecule has 0 aliphatic carbocycles. The van der Waals surface area contributed by atoms with Gasteiger partial charge in [-0.25, -0.2) is 4.79 Å². The van der Waals surface area contributed by atoms with Crippen LogP contribution in [0.1, 0.15) is 48.4 Å². The molecule has 0 fully saturated rings. The molecule has 0 spiro atoms. The van der Waals surface area contributed by atoms with Gasteiger partial charge in [0.05, 0.1) is 6.42 Å². The van der Waals surface area contributed by atoms with E-state index in [1.807, 2.05) is 0 Å². The number of aromatic amines is 1. The van der Waals surface area contributed by atoms with Gasteiger partial charge in [-0.15, -0.1) is 0 Å². The molecule has 1 heterocycles. The third-order valence-corrected chi connectivity index (χ3v) is 5.13. The fourth-order valence-electron chi connectivity index (χ4n) is 3.37. The molecule has 0 radical (unpaired) electrons. The summed E-state index contributed by atoms with van der Waals surface area (Å²) in [6.07, 6.45) is -0.00689. The fourth-order valence-corrected chi connectivity index (χ4v) is 3.67. The van der Waals surface area contributed by atoms with Crippen LogP contribution in [0, 0.1) is 0 Å². The van der Waals surface area contributed by atoms with Crippen molar-refractivity contribution in [2.45, 2.75) is 38.8 Å². The zero-order valence-electron chi connectivity index (χ0n) is 17.8. The number of halogens is 2. The first-order valence-electron chi connectivity index (χ1n) is 9.85. The monoisotopic (exact) mass is 475 g/mol. The summed E-state index contributed by atoms with van der Waals surface area (Å²) in [6, 6.07) is 10.3. The van der Waals surface area contributed by atoms with Gasteiger partial charge >= 0.3 is 5.97 Å². The molecule has 168 valence electrons. The smallest absolute Gasteiger partial charge is 0.352 e. The standard InChI is InChI=1S/C23H23Cl2N3O4/c1-23(2,3)28-21(30)19(27-17(29)10-12-4-6-13(24)7-5-12)18-15-9-8-14(25)11-16(15)26-20(18)22(31)32/h4-9,11,19,26H,10H2,1-3H3,(H,27,29)(H,28,30)(H,31,32). The average Bonchev–Trinajstić information content (AvgIpc) is 3.05. The molecular weight excluding hydrogens is 453 g/mol. The molecular formula is C23H23Cl2N3O4. The van der Waals surface area contributed by atoms with E-state index in [-0.39, 0.29) is 17.7 Å². The second-order valence-electron chi connectivity index (χ2n) is 8.45. The number of rotatable bonds is 6. The van der Waals surface area contributed by atoms with E-state index in [1.165, 1.54) is 0 Å². The fraction of sp³-hybridized carbons (Fsp3) is 0.261. The molecule has 1 unspecified atom stereocenters. The van der Waals surface area contributed by atoms with E-state index in [0.29, 0.717) is 26.5 Å². The molecule has 0 saturated heterocycles. The van der Waals surface area contributed by atoms with Crippen LogP contribution in [0.4, 0.5) is 0 Å². The summed E-state index contributed by atoms with van der Waals surface area (Å²) in [4.78, 5) is 40.8. The van der Waals surface area contributed by atoms with E-state index >= 15 is 0 Å². The van der Waals surface area contributed by atoms with E-state index < -0.39 is 29.4 Å². The summed E-state index contributed by atoms with van der Waals surface area (Å²) in [6.45, 7) is 5.39. The van der Waals surface area contributed by atoms with Crippen molar-refractivity contribution in [2.75, 3.05) is 0 Å². The number of aromatic carboxylic acids is 1. The molecule has 0 aliphatic heterocycles. The van der Waals surface area contributed by atoms with Gasteiger partial charge < -0.3 is 20.7 Å². The van der Waals surface area contributed by atoms with Gasteiger partial charge in [0, 0.05) is 32.1 Å². The van der Waals surface area contributed by atoms with E-state index in [0.717, 1.165) is 0 Å². The molecule has 2 aromatic carbocycles. The van der Waals surface area contributed by atoms with Crippen LogP contribution in [0.25, 0.3) is 10.9 Å². The number of H-pyrrole nitrogens is 1. The van der Waals surface area contributed by atoms with Crippen molar-refractivity contribution < 1.29 is 19.5 Å². The molecule has 0 saturated carbocycles. The van der Waals surface area contributed by atoms with Gasteiger partial charge in [-0.2, -0.15) is 0 Å². The Morgan fingerprint density at radius 1 is 1.03 bits per heavy atom. The molecule has 2 amide bonds. The third kappa shape index (κ3) is 5.60. The Morgan fingerprint density at radius 2 is 1.66 bits per heavy atom. The number of nitrogens with one attached hydrogen (secondary N) is 3.